The first-order valence-electron chi connectivity index (χ1n) is 24.4. The van der Waals surface area contributed by atoms with Crippen LogP contribution in [0.2, 0.25) is 0 Å². The van der Waals surface area contributed by atoms with Gasteiger partial charge in [0.1, 0.15) is 11.9 Å². The third kappa shape index (κ3) is 7.03. The highest BCUT2D eigenvalue weighted by atomic mass is 16.5. The molecule has 1 heterocycles. The van der Waals surface area contributed by atoms with Crippen LogP contribution in [0.25, 0.3) is 0 Å². The van der Waals surface area contributed by atoms with Crippen LogP contribution in [0, 0.1) is 23.7 Å². The van der Waals surface area contributed by atoms with E-state index in [9.17, 15) is 0 Å². The van der Waals surface area contributed by atoms with Gasteiger partial charge in [0.15, 0.2) is 0 Å². The minimum Gasteiger partial charge on any atom is -0.485 e. The van der Waals surface area contributed by atoms with E-state index in [1.807, 2.05) is 0 Å². The van der Waals surface area contributed by atoms with Gasteiger partial charge < -0.3 is 9.64 Å². The summed E-state index contributed by atoms with van der Waals surface area (Å²) in [6.45, 7) is 0. The molecule has 11 aliphatic carbocycles. The van der Waals surface area contributed by atoms with Crippen molar-refractivity contribution in [3.8, 4) is 0 Å². The van der Waals surface area contributed by atoms with Crippen LogP contribution in [0.4, 0.5) is 0 Å². The van der Waals surface area contributed by atoms with E-state index in [2.05, 4.69) is 145 Å². The van der Waals surface area contributed by atoms with Gasteiger partial charge in [-0.3, -0.25) is 0 Å². The van der Waals surface area contributed by atoms with Gasteiger partial charge in [0.25, 0.3) is 0 Å². The number of rotatable bonds is 7. The molecule has 12 aliphatic rings. The Morgan fingerprint density at radius 3 is 2.27 bits per heavy atom. The highest BCUT2D eigenvalue weighted by molar-refractivity contribution is 5.57. The molecule has 0 aromatic heterocycles. The second-order valence-corrected chi connectivity index (χ2v) is 19.5. The minimum atomic E-state index is 0.126. The number of ether oxygens (including phenoxy) is 1. The molecule has 0 N–H and O–H groups in total. The van der Waals surface area contributed by atoms with E-state index in [4.69, 9.17) is 4.74 Å². The summed E-state index contributed by atoms with van der Waals surface area (Å²) in [6.07, 6.45) is 74.4. The summed E-state index contributed by atoms with van der Waals surface area (Å²) in [5.74, 6) is 2.83. The van der Waals surface area contributed by atoms with Crippen LogP contribution in [-0.4, -0.2) is 17.0 Å². The molecule has 0 bridgehead atoms. The lowest BCUT2D eigenvalue weighted by atomic mass is 9.70. The van der Waals surface area contributed by atoms with Gasteiger partial charge in [-0.1, -0.05) is 122 Å². The second-order valence-electron chi connectivity index (χ2n) is 19.5. The fourth-order valence-electron chi connectivity index (χ4n) is 12.8. The summed E-state index contributed by atoms with van der Waals surface area (Å²) >= 11 is 0. The topological polar surface area (TPSA) is 12.5 Å². The molecule has 0 saturated carbocycles. The van der Waals surface area contributed by atoms with Crippen LogP contribution in [-0.2, 0) is 4.74 Å². The van der Waals surface area contributed by atoms with Gasteiger partial charge in [-0.15, -0.1) is 0 Å². The van der Waals surface area contributed by atoms with Crippen LogP contribution in [0.5, 0.6) is 0 Å². The quantitative estimate of drug-likeness (QED) is 0.254. The molecule has 0 aromatic carbocycles. The van der Waals surface area contributed by atoms with Crippen LogP contribution in [0.15, 0.2) is 224 Å². The first kappa shape index (κ1) is 38.3. The Morgan fingerprint density at radius 2 is 1.44 bits per heavy atom. The van der Waals surface area contributed by atoms with Crippen molar-refractivity contribution >= 4 is 0 Å². The number of nitrogens with zero attached hydrogens (tertiary/aromatic N) is 1. The molecular formula is C60H61NO. The van der Waals surface area contributed by atoms with Crippen molar-refractivity contribution in [1.82, 2.24) is 4.90 Å². The van der Waals surface area contributed by atoms with Crippen molar-refractivity contribution in [3.63, 3.8) is 0 Å². The zero-order chi connectivity index (χ0) is 41.0. The second kappa shape index (κ2) is 16.4. The molecule has 0 spiro atoms. The maximum atomic E-state index is 6.76. The highest BCUT2D eigenvalue weighted by Crippen LogP contribution is 2.49. The lowest BCUT2D eigenvalue weighted by Crippen LogP contribution is -2.34. The first-order chi connectivity index (χ1) is 30.7. The summed E-state index contributed by atoms with van der Waals surface area (Å²) < 4.78 is 6.76. The van der Waals surface area contributed by atoms with E-state index in [0.29, 0.717) is 29.7 Å². The molecule has 312 valence electrons. The molecular weight excluding hydrogens is 751 g/mol. The monoisotopic (exact) mass is 811 g/mol. The number of hydrogen-bond acceptors (Lipinski definition) is 2. The minimum absolute atomic E-state index is 0.126. The molecule has 6 atom stereocenters. The van der Waals surface area contributed by atoms with E-state index >= 15 is 0 Å². The zero-order valence-corrected chi connectivity index (χ0v) is 36.4. The Bertz CT molecular complexity index is 2570. The summed E-state index contributed by atoms with van der Waals surface area (Å²) in [6, 6.07) is 0.296. The summed E-state index contributed by atoms with van der Waals surface area (Å²) in [5.41, 5.74) is 21.5. The third-order valence-corrected chi connectivity index (χ3v) is 16.0. The van der Waals surface area contributed by atoms with Gasteiger partial charge in [0.2, 0.25) is 0 Å². The van der Waals surface area contributed by atoms with Gasteiger partial charge in [-0.25, -0.2) is 0 Å². The average Bonchev–Trinajstić information content (AvgIpc) is 3.73. The van der Waals surface area contributed by atoms with Crippen molar-refractivity contribution in [3.05, 3.63) is 224 Å². The number of allylic oxidation sites excluding steroid dienone is 31. The molecule has 12 rings (SSSR count). The molecule has 0 fully saturated rings. The van der Waals surface area contributed by atoms with Gasteiger partial charge in [-0.2, -0.15) is 0 Å². The number of hydrogen-bond donors (Lipinski definition) is 0. The lowest BCUT2D eigenvalue weighted by Gasteiger charge is -2.39. The SMILES string of the molecule is C1=CCC(C2=CCCC3=C2OC2C=CC(C4C=CC(N(C5=CC=C(C6=CC7=C(C=CCC7)CC6)CC5)C5C=CC(C6CC7=C(CCC=C7)C7=C6C=CCC7)=CC5)=CC4)=CC32)C=C1. The normalized spacial score (nSPS) is 31.8. The Balaban J connectivity index is 0.812. The van der Waals surface area contributed by atoms with Crippen LogP contribution in [0.3, 0.4) is 0 Å². The van der Waals surface area contributed by atoms with Gasteiger partial charge in [0, 0.05) is 35.1 Å². The predicted octanol–water partition coefficient (Wildman–Crippen LogP) is 14.9. The fraction of sp³-hybridized carbons (Fsp3) is 0.367. The highest BCUT2D eigenvalue weighted by Gasteiger charge is 2.40. The summed E-state index contributed by atoms with van der Waals surface area (Å²) in [4.78, 5) is 2.72. The zero-order valence-electron chi connectivity index (χ0n) is 36.4. The van der Waals surface area contributed by atoms with Crippen molar-refractivity contribution in [2.24, 2.45) is 23.7 Å². The molecule has 0 amide bonds. The lowest BCUT2D eigenvalue weighted by molar-refractivity contribution is 0.167. The molecule has 2 heteroatoms. The fourth-order valence-corrected chi connectivity index (χ4v) is 12.8. The Hall–Kier alpha value is -5.34. The van der Waals surface area contributed by atoms with Crippen LogP contribution < -0.4 is 0 Å². The summed E-state index contributed by atoms with van der Waals surface area (Å²) in [5, 5.41) is 0. The van der Waals surface area contributed by atoms with E-state index in [0.717, 1.165) is 51.4 Å². The van der Waals surface area contributed by atoms with Gasteiger partial charge in [-0.05, 0) is 188 Å². The third-order valence-electron chi connectivity index (χ3n) is 16.0. The van der Waals surface area contributed by atoms with Crippen molar-refractivity contribution in [2.45, 2.75) is 115 Å². The molecule has 0 aromatic rings. The Labute approximate surface area is 370 Å². The molecule has 6 unspecified atom stereocenters. The molecule has 0 saturated heterocycles. The maximum absolute atomic E-state index is 6.76. The Kier molecular flexibility index (Phi) is 10.2. The first-order valence-corrected chi connectivity index (χ1v) is 24.4. The summed E-state index contributed by atoms with van der Waals surface area (Å²) in [7, 11) is 0. The molecule has 0 radical (unpaired) electrons. The van der Waals surface area contributed by atoms with E-state index in [1.165, 1.54) is 90.8 Å². The van der Waals surface area contributed by atoms with E-state index in [-0.39, 0.29) is 6.10 Å². The van der Waals surface area contributed by atoms with Crippen LogP contribution in [0.1, 0.15) is 103 Å². The van der Waals surface area contributed by atoms with Gasteiger partial charge >= 0.3 is 0 Å². The van der Waals surface area contributed by atoms with Crippen molar-refractivity contribution in [1.29, 1.82) is 0 Å². The van der Waals surface area contributed by atoms with Crippen LogP contribution >= 0.6 is 0 Å². The van der Waals surface area contributed by atoms with Crippen molar-refractivity contribution in [2.75, 3.05) is 0 Å². The van der Waals surface area contributed by atoms with Gasteiger partial charge in [0.05, 0.1) is 6.04 Å². The average molecular weight is 812 g/mol. The predicted molar refractivity (Wildman–Crippen MR) is 256 cm³/mol. The van der Waals surface area contributed by atoms with E-state index < -0.39 is 0 Å². The molecule has 2 nitrogen and oxygen atoms in total. The van der Waals surface area contributed by atoms with Crippen molar-refractivity contribution < 1.29 is 4.74 Å². The molecule has 62 heavy (non-hydrogen) atoms. The smallest absolute Gasteiger partial charge is 0.127 e. The molecule has 1 aliphatic heterocycles. The maximum Gasteiger partial charge on any atom is 0.127 e. The number of fused-ring (bicyclic) bond motifs is 3. The van der Waals surface area contributed by atoms with E-state index in [1.54, 1.807) is 44.6 Å². The Morgan fingerprint density at radius 1 is 0.565 bits per heavy atom. The largest absolute Gasteiger partial charge is 0.485 e. The standard InChI is InChI=1S/C60H61NO/c1-2-12-43(13-3-1)53-19-10-20-56-58-38-47(29-36-59(58)62-60(53)56)42-25-32-50(33-26-42)61(49-30-23-41(24-31-49)46-22-21-40-11-4-5-14-45(40)37-46)51-34-27-44(28-35-51)57-39-48-15-6-7-16-52(48)54-17-8-9-18-55(54)57/h1-4,6,9,11-12,15,18-19,23,25,27-30,32-34,36-38,42-43,51,57-59H,5,7-8,10,13-14,16-17,20-22,24,26,31,35,39H2.